The van der Waals surface area contributed by atoms with E-state index < -0.39 is 12.2 Å². The molecule has 1 unspecified atom stereocenters. The number of piperidine rings is 1. The Morgan fingerprint density at radius 3 is 2.44 bits per heavy atom. The summed E-state index contributed by atoms with van der Waals surface area (Å²) in [5.41, 5.74) is 4.13. The molecular formula is C29H47NO2. The van der Waals surface area contributed by atoms with Gasteiger partial charge in [-0.15, -0.1) is 0 Å². The monoisotopic (exact) mass is 441 g/mol. The number of rotatable bonds is 4. The lowest BCUT2D eigenvalue weighted by atomic mass is 9.61. The molecule has 0 amide bonds. The summed E-state index contributed by atoms with van der Waals surface area (Å²) in [7, 11) is 0. The smallest absolute Gasteiger partial charge is 0.0809 e. The summed E-state index contributed by atoms with van der Waals surface area (Å²) in [5.74, 6) is 2.25. The Kier molecular flexibility index (Phi) is 7.11. The Bertz CT molecular complexity index is 749. The standard InChI is InChI=1S/C29H47NO2/c1-20(19-30-16-7-6-14-28(30,3)4)24-12-13-25-23(9-8-15-29(24,25)5)11-10-22-17-26(31)21(2)27(32)18-22/h10-11,20,24-27,31-32H,2,6-9,12-19H2,1,3-5H3/b23-11+/t20?,24-,25+,26-,27-,29-/m1/s1. The fourth-order valence-corrected chi connectivity index (χ4v) is 7.77. The number of fused-ring (bicyclic) bond motifs is 1. The third kappa shape index (κ3) is 4.68. The fraction of sp³-hybridized carbons (Fsp3) is 0.793. The normalized spacial score (nSPS) is 40.4. The van der Waals surface area contributed by atoms with Gasteiger partial charge in [0, 0.05) is 12.1 Å². The SMILES string of the molecule is C=C1[C@H](O)CC(=C/C=C2\CCC[C@]3(C)[C@@H](C(C)CN4CCCCC4(C)C)CC[C@@H]23)C[C@H]1O. The zero-order valence-electron chi connectivity index (χ0n) is 21.1. The van der Waals surface area contributed by atoms with Gasteiger partial charge in [-0.2, -0.15) is 0 Å². The Hall–Kier alpha value is -0.900. The minimum atomic E-state index is -0.601. The van der Waals surface area contributed by atoms with E-state index in [-0.39, 0.29) is 0 Å². The Balaban J connectivity index is 1.46. The van der Waals surface area contributed by atoms with Crippen molar-refractivity contribution >= 4 is 0 Å². The highest BCUT2D eigenvalue weighted by Gasteiger charge is 2.51. The highest BCUT2D eigenvalue weighted by molar-refractivity contribution is 5.29. The summed E-state index contributed by atoms with van der Waals surface area (Å²) in [4.78, 5) is 2.79. The maximum Gasteiger partial charge on any atom is 0.0809 e. The highest BCUT2D eigenvalue weighted by atomic mass is 16.3. The molecule has 6 atom stereocenters. The van der Waals surface area contributed by atoms with E-state index >= 15 is 0 Å². The first-order chi connectivity index (χ1) is 15.1. The highest BCUT2D eigenvalue weighted by Crippen LogP contribution is 2.59. The van der Waals surface area contributed by atoms with Crippen molar-refractivity contribution in [3.05, 3.63) is 35.5 Å². The molecule has 0 spiro atoms. The second-order valence-corrected chi connectivity index (χ2v) is 12.4. The van der Waals surface area contributed by atoms with Crippen LogP contribution in [0.3, 0.4) is 0 Å². The van der Waals surface area contributed by atoms with Crippen LogP contribution < -0.4 is 0 Å². The summed E-state index contributed by atoms with van der Waals surface area (Å²) in [6.07, 6.45) is 15.2. The topological polar surface area (TPSA) is 43.7 Å². The van der Waals surface area contributed by atoms with E-state index in [1.807, 2.05) is 0 Å². The molecule has 32 heavy (non-hydrogen) atoms. The van der Waals surface area contributed by atoms with Crippen LogP contribution in [0.2, 0.25) is 0 Å². The van der Waals surface area contributed by atoms with Crippen LogP contribution in [-0.4, -0.2) is 45.9 Å². The van der Waals surface area contributed by atoms with Gasteiger partial charge in [0.2, 0.25) is 0 Å². The van der Waals surface area contributed by atoms with Crippen LogP contribution in [0.1, 0.15) is 91.9 Å². The number of aliphatic hydroxyl groups excluding tert-OH is 2. The second-order valence-electron chi connectivity index (χ2n) is 12.4. The van der Waals surface area contributed by atoms with Crippen molar-refractivity contribution in [1.82, 2.24) is 4.90 Å². The summed E-state index contributed by atoms with van der Waals surface area (Å²) in [5, 5.41) is 20.4. The van der Waals surface area contributed by atoms with E-state index in [1.54, 1.807) is 5.57 Å². The van der Waals surface area contributed by atoms with Gasteiger partial charge in [-0.25, -0.2) is 0 Å². The Labute approximate surface area is 196 Å². The Morgan fingerprint density at radius 2 is 1.75 bits per heavy atom. The largest absolute Gasteiger partial charge is 0.388 e. The van der Waals surface area contributed by atoms with Crippen LogP contribution in [0.4, 0.5) is 0 Å². The maximum absolute atomic E-state index is 10.2. The summed E-state index contributed by atoms with van der Waals surface area (Å²) >= 11 is 0. The molecule has 0 radical (unpaired) electrons. The van der Waals surface area contributed by atoms with Crippen LogP contribution in [0.15, 0.2) is 35.5 Å². The molecule has 1 saturated heterocycles. The number of hydrogen-bond acceptors (Lipinski definition) is 3. The minimum absolute atomic E-state index is 0.357. The van der Waals surface area contributed by atoms with Crippen LogP contribution in [0.5, 0.6) is 0 Å². The van der Waals surface area contributed by atoms with Crippen LogP contribution in [0.25, 0.3) is 0 Å². The van der Waals surface area contributed by atoms with E-state index in [2.05, 4.69) is 51.3 Å². The predicted molar refractivity (Wildman–Crippen MR) is 133 cm³/mol. The summed E-state index contributed by atoms with van der Waals surface area (Å²) in [6.45, 7) is 16.4. The molecule has 4 aliphatic rings. The second kappa shape index (κ2) is 9.39. The van der Waals surface area contributed by atoms with Gasteiger partial charge in [0.05, 0.1) is 12.2 Å². The molecule has 4 rings (SSSR count). The van der Waals surface area contributed by atoms with Gasteiger partial charge in [0.15, 0.2) is 0 Å². The van der Waals surface area contributed by atoms with Crippen molar-refractivity contribution in [2.75, 3.05) is 13.1 Å². The van der Waals surface area contributed by atoms with E-state index in [1.165, 1.54) is 64.5 Å². The van der Waals surface area contributed by atoms with E-state index in [4.69, 9.17) is 0 Å². The first-order valence-corrected chi connectivity index (χ1v) is 13.3. The number of nitrogens with zero attached hydrogens (tertiary/aromatic N) is 1. The van der Waals surface area contributed by atoms with Crippen molar-refractivity contribution in [3.8, 4) is 0 Å². The lowest BCUT2D eigenvalue weighted by Crippen LogP contribution is -2.50. The average Bonchev–Trinajstić information content (AvgIpc) is 3.09. The van der Waals surface area contributed by atoms with Crippen LogP contribution >= 0.6 is 0 Å². The summed E-state index contributed by atoms with van der Waals surface area (Å²) in [6, 6.07) is 0. The lowest BCUT2D eigenvalue weighted by molar-refractivity contribution is 0.0256. The van der Waals surface area contributed by atoms with Crippen molar-refractivity contribution in [2.24, 2.45) is 23.2 Å². The van der Waals surface area contributed by atoms with Crippen molar-refractivity contribution < 1.29 is 10.2 Å². The molecule has 0 aromatic rings. The molecule has 1 heterocycles. The van der Waals surface area contributed by atoms with Gasteiger partial charge < -0.3 is 10.2 Å². The lowest BCUT2D eigenvalue weighted by Gasteiger charge is -2.48. The van der Waals surface area contributed by atoms with Gasteiger partial charge in [-0.05, 0) is 107 Å². The molecule has 4 fully saturated rings. The third-order valence-electron chi connectivity index (χ3n) is 9.86. The number of allylic oxidation sites excluding steroid dienone is 3. The van der Waals surface area contributed by atoms with Crippen molar-refractivity contribution in [3.63, 3.8) is 0 Å². The molecular weight excluding hydrogens is 394 g/mol. The van der Waals surface area contributed by atoms with E-state index in [0.717, 1.165) is 17.4 Å². The van der Waals surface area contributed by atoms with Crippen LogP contribution in [0, 0.1) is 23.2 Å². The number of hydrogen-bond donors (Lipinski definition) is 2. The molecule has 1 aliphatic heterocycles. The first kappa shape index (κ1) is 24.2. The minimum Gasteiger partial charge on any atom is -0.388 e. The molecule has 180 valence electrons. The molecule has 0 aromatic carbocycles. The summed E-state index contributed by atoms with van der Waals surface area (Å²) < 4.78 is 0. The predicted octanol–water partition coefficient (Wildman–Crippen LogP) is 6.03. The maximum atomic E-state index is 10.2. The van der Waals surface area contributed by atoms with Crippen LogP contribution in [-0.2, 0) is 0 Å². The van der Waals surface area contributed by atoms with Gasteiger partial charge in [0.25, 0.3) is 0 Å². The number of aliphatic hydroxyl groups is 2. The quantitative estimate of drug-likeness (QED) is 0.524. The Morgan fingerprint density at radius 1 is 1.03 bits per heavy atom. The molecule has 0 bridgehead atoms. The molecule has 3 aliphatic carbocycles. The van der Waals surface area contributed by atoms with Gasteiger partial charge in [0.1, 0.15) is 0 Å². The third-order valence-corrected chi connectivity index (χ3v) is 9.86. The van der Waals surface area contributed by atoms with Crippen molar-refractivity contribution in [1.29, 1.82) is 0 Å². The van der Waals surface area contributed by atoms with Gasteiger partial charge in [-0.3, -0.25) is 4.90 Å². The fourth-order valence-electron chi connectivity index (χ4n) is 7.77. The van der Waals surface area contributed by atoms with E-state index in [0.29, 0.717) is 35.3 Å². The van der Waals surface area contributed by atoms with E-state index in [9.17, 15) is 10.2 Å². The number of likely N-dealkylation sites (tertiary alicyclic amines) is 1. The van der Waals surface area contributed by atoms with Crippen molar-refractivity contribution in [2.45, 2.75) is 110 Å². The zero-order valence-corrected chi connectivity index (χ0v) is 21.1. The van der Waals surface area contributed by atoms with Gasteiger partial charge in [-0.1, -0.05) is 50.1 Å². The average molecular weight is 442 g/mol. The molecule has 0 aromatic heterocycles. The first-order valence-electron chi connectivity index (χ1n) is 13.3. The molecule has 3 nitrogen and oxygen atoms in total. The zero-order chi connectivity index (χ0) is 23.1. The molecule has 2 N–H and O–H groups in total. The van der Waals surface area contributed by atoms with Gasteiger partial charge >= 0.3 is 0 Å². The molecule has 3 heteroatoms. The molecule has 3 saturated carbocycles.